The van der Waals surface area contributed by atoms with E-state index in [0.29, 0.717) is 18.4 Å². The standard InChI is InChI=1S/C23H23NO3/c1-3-18-11-17-12-23(27-15-16-7-5-4-6-8-16)22(26-2)14-20(17)21-13-19(25)9-10-24(18)21/h4-10,12-14,18H,3,11,15H2,1-2H3. The minimum absolute atomic E-state index is 0.0207. The molecule has 27 heavy (non-hydrogen) atoms. The lowest BCUT2D eigenvalue weighted by Gasteiger charge is -2.30. The predicted molar refractivity (Wildman–Crippen MR) is 106 cm³/mol. The van der Waals surface area contributed by atoms with Gasteiger partial charge >= 0.3 is 0 Å². The van der Waals surface area contributed by atoms with E-state index < -0.39 is 0 Å². The van der Waals surface area contributed by atoms with Crippen molar-refractivity contribution >= 4 is 0 Å². The number of benzene rings is 2. The molecular weight excluding hydrogens is 338 g/mol. The van der Waals surface area contributed by atoms with Gasteiger partial charge < -0.3 is 14.0 Å². The molecule has 1 aliphatic heterocycles. The largest absolute Gasteiger partial charge is 0.493 e. The molecule has 4 nitrogen and oxygen atoms in total. The average molecular weight is 361 g/mol. The maximum atomic E-state index is 12.0. The number of hydrogen-bond donors (Lipinski definition) is 0. The van der Waals surface area contributed by atoms with E-state index in [-0.39, 0.29) is 5.43 Å². The molecule has 0 bridgehead atoms. The Hall–Kier alpha value is -3.01. The van der Waals surface area contributed by atoms with Crippen LogP contribution in [0, 0.1) is 0 Å². The molecule has 1 atom stereocenters. The van der Waals surface area contributed by atoms with Crippen LogP contribution in [0.25, 0.3) is 11.3 Å². The molecule has 0 amide bonds. The summed E-state index contributed by atoms with van der Waals surface area (Å²) in [6, 6.07) is 17.8. The fourth-order valence-corrected chi connectivity index (χ4v) is 3.74. The van der Waals surface area contributed by atoms with Crippen LogP contribution in [0.5, 0.6) is 11.5 Å². The van der Waals surface area contributed by atoms with Crippen LogP contribution in [-0.4, -0.2) is 11.7 Å². The zero-order valence-corrected chi connectivity index (χ0v) is 15.6. The first-order chi connectivity index (χ1) is 13.2. The Bertz CT molecular complexity index is 1010. The van der Waals surface area contributed by atoms with Crippen LogP contribution in [0.3, 0.4) is 0 Å². The second kappa shape index (κ2) is 7.31. The number of rotatable bonds is 5. The lowest BCUT2D eigenvalue weighted by Crippen LogP contribution is -2.21. The molecule has 0 aliphatic carbocycles. The first kappa shape index (κ1) is 17.4. The number of fused-ring (bicyclic) bond motifs is 3. The summed E-state index contributed by atoms with van der Waals surface area (Å²) >= 11 is 0. The van der Waals surface area contributed by atoms with Crippen LogP contribution in [0.4, 0.5) is 0 Å². The Morgan fingerprint density at radius 3 is 2.63 bits per heavy atom. The van der Waals surface area contributed by atoms with Gasteiger partial charge in [-0.1, -0.05) is 37.3 Å². The molecule has 0 spiro atoms. The van der Waals surface area contributed by atoms with Crippen molar-refractivity contribution < 1.29 is 9.47 Å². The summed E-state index contributed by atoms with van der Waals surface area (Å²) in [5.41, 5.74) is 4.31. The van der Waals surface area contributed by atoms with Gasteiger partial charge in [-0.2, -0.15) is 0 Å². The Labute approximate surface area is 159 Å². The highest BCUT2D eigenvalue weighted by Gasteiger charge is 2.24. The molecule has 0 fully saturated rings. The normalized spacial score (nSPS) is 15.0. The number of hydrogen-bond acceptors (Lipinski definition) is 3. The SMILES string of the molecule is CCC1Cc2cc(OCc3ccccc3)c(OC)cc2-c2cc(=O)ccn21. The average Bonchev–Trinajstić information content (AvgIpc) is 2.71. The number of methoxy groups -OCH3 is 1. The van der Waals surface area contributed by atoms with E-state index in [0.717, 1.165) is 35.4 Å². The molecule has 1 unspecified atom stereocenters. The highest BCUT2D eigenvalue weighted by Crippen LogP contribution is 2.41. The van der Waals surface area contributed by atoms with Gasteiger partial charge in [0.15, 0.2) is 16.9 Å². The van der Waals surface area contributed by atoms with Gasteiger partial charge in [0.2, 0.25) is 0 Å². The molecule has 1 aromatic heterocycles. The fraction of sp³-hybridized carbons (Fsp3) is 0.261. The summed E-state index contributed by atoms with van der Waals surface area (Å²) in [4.78, 5) is 12.0. The summed E-state index contributed by atoms with van der Waals surface area (Å²) in [6.45, 7) is 2.66. The fourth-order valence-electron chi connectivity index (χ4n) is 3.74. The van der Waals surface area contributed by atoms with E-state index in [2.05, 4.69) is 17.6 Å². The molecular formula is C23H23NO3. The minimum atomic E-state index is 0.0207. The van der Waals surface area contributed by atoms with E-state index in [4.69, 9.17) is 9.47 Å². The van der Waals surface area contributed by atoms with Gasteiger partial charge in [-0.25, -0.2) is 0 Å². The number of nitrogens with zero attached hydrogens (tertiary/aromatic N) is 1. The van der Waals surface area contributed by atoms with Crippen molar-refractivity contribution in [1.82, 2.24) is 4.57 Å². The van der Waals surface area contributed by atoms with E-state index in [1.807, 2.05) is 42.6 Å². The smallest absolute Gasteiger partial charge is 0.182 e. The van der Waals surface area contributed by atoms with E-state index in [1.165, 1.54) is 5.56 Å². The number of ether oxygens (including phenoxy) is 2. The predicted octanol–water partition coefficient (Wildman–Crippen LogP) is 4.61. The van der Waals surface area contributed by atoms with Gasteiger partial charge in [0.1, 0.15) is 6.61 Å². The molecule has 3 aromatic rings. The van der Waals surface area contributed by atoms with Crippen molar-refractivity contribution in [3.8, 4) is 22.8 Å². The Balaban J connectivity index is 1.74. The van der Waals surface area contributed by atoms with Gasteiger partial charge in [-0.05, 0) is 36.1 Å². The monoisotopic (exact) mass is 361 g/mol. The molecule has 2 aromatic carbocycles. The Morgan fingerprint density at radius 1 is 1.07 bits per heavy atom. The topological polar surface area (TPSA) is 40.5 Å². The van der Waals surface area contributed by atoms with Gasteiger partial charge in [0.25, 0.3) is 0 Å². The number of pyridine rings is 1. The molecule has 4 rings (SSSR count). The van der Waals surface area contributed by atoms with E-state index in [9.17, 15) is 4.79 Å². The van der Waals surface area contributed by atoms with Crippen LogP contribution < -0.4 is 14.9 Å². The molecule has 0 saturated carbocycles. The molecule has 4 heteroatoms. The van der Waals surface area contributed by atoms with Gasteiger partial charge in [0, 0.05) is 29.9 Å². The summed E-state index contributed by atoms with van der Waals surface area (Å²) in [5, 5.41) is 0. The third-order valence-electron chi connectivity index (χ3n) is 5.18. The van der Waals surface area contributed by atoms with Crippen LogP contribution in [0.2, 0.25) is 0 Å². The van der Waals surface area contributed by atoms with Crippen molar-refractivity contribution in [3.05, 3.63) is 82.1 Å². The van der Waals surface area contributed by atoms with E-state index >= 15 is 0 Å². The van der Waals surface area contributed by atoms with Crippen molar-refractivity contribution in [2.24, 2.45) is 0 Å². The first-order valence-corrected chi connectivity index (χ1v) is 9.29. The zero-order valence-electron chi connectivity index (χ0n) is 15.6. The quantitative estimate of drug-likeness (QED) is 0.666. The van der Waals surface area contributed by atoms with Crippen molar-refractivity contribution in [3.63, 3.8) is 0 Å². The van der Waals surface area contributed by atoms with Gasteiger partial charge in [-0.3, -0.25) is 4.79 Å². The number of aromatic nitrogens is 1. The van der Waals surface area contributed by atoms with E-state index in [1.54, 1.807) is 19.2 Å². The Kier molecular flexibility index (Phi) is 4.71. The summed E-state index contributed by atoms with van der Waals surface area (Å²) in [6.07, 6.45) is 3.82. The highest BCUT2D eigenvalue weighted by atomic mass is 16.5. The van der Waals surface area contributed by atoms with Crippen LogP contribution in [0.15, 0.2) is 65.6 Å². The molecule has 138 valence electrons. The summed E-state index contributed by atoms with van der Waals surface area (Å²) < 4.78 is 13.9. The van der Waals surface area contributed by atoms with Gasteiger partial charge in [0.05, 0.1) is 12.8 Å². The zero-order chi connectivity index (χ0) is 18.8. The molecule has 0 radical (unpaired) electrons. The Morgan fingerprint density at radius 2 is 1.89 bits per heavy atom. The van der Waals surface area contributed by atoms with Crippen LogP contribution in [-0.2, 0) is 13.0 Å². The molecule has 0 saturated heterocycles. The maximum Gasteiger partial charge on any atom is 0.182 e. The van der Waals surface area contributed by atoms with Gasteiger partial charge in [-0.15, -0.1) is 0 Å². The van der Waals surface area contributed by atoms with Crippen molar-refractivity contribution in [1.29, 1.82) is 0 Å². The maximum absolute atomic E-state index is 12.0. The van der Waals surface area contributed by atoms with Crippen molar-refractivity contribution in [2.45, 2.75) is 32.4 Å². The lowest BCUT2D eigenvalue weighted by atomic mass is 9.91. The lowest BCUT2D eigenvalue weighted by molar-refractivity contribution is 0.284. The minimum Gasteiger partial charge on any atom is -0.493 e. The molecule has 0 N–H and O–H groups in total. The second-order valence-corrected chi connectivity index (χ2v) is 6.86. The van der Waals surface area contributed by atoms with Crippen molar-refractivity contribution in [2.75, 3.05) is 7.11 Å². The van der Waals surface area contributed by atoms with Crippen LogP contribution in [0.1, 0.15) is 30.5 Å². The highest BCUT2D eigenvalue weighted by molar-refractivity contribution is 5.70. The second-order valence-electron chi connectivity index (χ2n) is 6.86. The molecule has 1 aliphatic rings. The summed E-state index contributed by atoms with van der Waals surface area (Å²) in [7, 11) is 1.65. The summed E-state index contributed by atoms with van der Waals surface area (Å²) in [5.74, 6) is 1.42. The first-order valence-electron chi connectivity index (χ1n) is 9.29. The van der Waals surface area contributed by atoms with Crippen LogP contribution >= 0.6 is 0 Å². The third kappa shape index (κ3) is 3.35. The molecule has 2 heterocycles. The third-order valence-corrected chi connectivity index (χ3v) is 5.18.